The Bertz CT molecular complexity index is 530. The minimum Gasteiger partial charge on any atom is -0.396 e. The van der Waals surface area contributed by atoms with Gasteiger partial charge in [-0.15, -0.1) is 0 Å². The van der Waals surface area contributed by atoms with Crippen LogP contribution in [-0.4, -0.2) is 60.6 Å². The fourth-order valence-corrected chi connectivity index (χ4v) is 2.50. The molecule has 1 saturated heterocycles. The molecule has 7 heteroatoms. The van der Waals surface area contributed by atoms with Gasteiger partial charge in [-0.05, 0) is 37.1 Å². The molecule has 1 heterocycles. The van der Waals surface area contributed by atoms with Gasteiger partial charge in [0, 0.05) is 38.3 Å². The van der Waals surface area contributed by atoms with Crippen molar-refractivity contribution in [3.8, 4) is 0 Å². The number of amides is 2. The van der Waals surface area contributed by atoms with Crippen molar-refractivity contribution in [2.24, 2.45) is 0 Å². The summed E-state index contributed by atoms with van der Waals surface area (Å²) < 4.78 is 12.9. The van der Waals surface area contributed by atoms with Gasteiger partial charge in [-0.25, -0.2) is 4.39 Å². The van der Waals surface area contributed by atoms with Crippen molar-refractivity contribution < 1.29 is 19.1 Å². The number of rotatable bonds is 6. The van der Waals surface area contributed by atoms with Crippen LogP contribution in [0.5, 0.6) is 0 Å². The highest BCUT2D eigenvalue weighted by Gasteiger charge is 2.26. The van der Waals surface area contributed by atoms with Crippen molar-refractivity contribution in [1.29, 1.82) is 0 Å². The van der Waals surface area contributed by atoms with E-state index in [1.54, 1.807) is 4.90 Å². The van der Waals surface area contributed by atoms with Crippen LogP contribution in [0, 0.1) is 5.82 Å². The average molecular weight is 323 g/mol. The molecule has 0 spiro atoms. The second-order valence-electron chi connectivity index (χ2n) is 5.47. The Morgan fingerprint density at radius 2 is 1.91 bits per heavy atom. The Hall–Kier alpha value is -1.99. The summed E-state index contributed by atoms with van der Waals surface area (Å²) in [4.78, 5) is 26.5. The Kier molecular flexibility index (Phi) is 6.49. The van der Waals surface area contributed by atoms with Gasteiger partial charge in [0.2, 0.25) is 5.91 Å². The van der Waals surface area contributed by atoms with Crippen LogP contribution in [-0.2, 0) is 4.79 Å². The summed E-state index contributed by atoms with van der Waals surface area (Å²) in [7, 11) is 0. The van der Waals surface area contributed by atoms with Gasteiger partial charge in [-0.2, -0.15) is 0 Å². The molecule has 1 fully saturated rings. The number of piperazine rings is 1. The summed E-state index contributed by atoms with van der Waals surface area (Å²) >= 11 is 0. The summed E-state index contributed by atoms with van der Waals surface area (Å²) in [5.41, 5.74) is 0.300. The Morgan fingerprint density at radius 1 is 1.26 bits per heavy atom. The molecule has 23 heavy (non-hydrogen) atoms. The fourth-order valence-electron chi connectivity index (χ4n) is 2.50. The quantitative estimate of drug-likeness (QED) is 0.695. The molecule has 0 radical (unpaired) electrons. The summed E-state index contributed by atoms with van der Waals surface area (Å²) in [6.45, 7) is 2.61. The Morgan fingerprint density at radius 3 is 2.52 bits per heavy atom. The monoisotopic (exact) mass is 323 g/mol. The molecule has 126 valence electrons. The van der Waals surface area contributed by atoms with E-state index in [4.69, 9.17) is 5.11 Å². The molecular weight excluding hydrogens is 301 g/mol. The normalized spacial score (nSPS) is 16.0. The van der Waals surface area contributed by atoms with Gasteiger partial charge in [0.05, 0.1) is 0 Å². The van der Waals surface area contributed by atoms with Crippen LogP contribution in [0.3, 0.4) is 0 Å². The number of benzene rings is 1. The van der Waals surface area contributed by atoms with E-state index in [0.29, 0.717) is 31.5 Å². The van der Waals surface area contributed by atoms with Crippen molar-refractivity contribution in [3.63, 3.8) is 0 Å². The average Bonchev–Trinajstić information content (AvgIpc) is 2.59. The smallest absolute Gasteiger partial charge is 0.251 e. The summed E-state index contributed by atoms with van der Waals surface area (Å²) in [6.07, 6.45) is 0.790. The predicted molar refractivity (Wildman–Crippen MR) is 83.4 cm³/mol. The maximum atomic E-state index is 12.9. The Balaban J connectivity index is 2.03. The molecule has 0 bridgehead atoms. The minimum absolute atomic E-state index is 0.0439. The van der Waals surface area contributed by atoms with E-state index in [1.807, 2.05) is 0 Å². The van der Waals surface area contributed by atoms with Crippen LogP contribution in [0.2, 0.25) is 0 Å². The Labute approximate surface area is 134 Å². The van der Waals surface area contributed by atoms with Gasteiger partial charge in [0.25, 0.3) is 5.91 Å². The first kappa shape index (κ1) is 17.4. The molecule has 1 atom stereocenters. The number of nitrogens with zero attached hydrogens (tertiary/aromatic N) is 1. The standard InChI is InChI=1S/C16H22FN3O3/c17-13-5-3-12(4-6-13)15(22)19-14(2-1-11-21)16(23)20-9-7-18-8-10-20/h3-6,14,18,21H,1-2,7-11H2,(H,19,22)/t14-/m0/s1. The zero-order valence-electron chi connectivity index (χ0n) is 12.9. The predicted octanol–water partition coefficient (Wildman–Crippen LogP) is 0.128. The van der Waals surface area contributed by atoms with E-state index < -0.39 is 17.8 Å². The molecule has 3 N–H and O–H groups in total. The van der Waals surface area contributed by atoms with Crippen molar-refractivity contribution >= 4 is 11.8 Å². The molecule has 1 aromatic carbocycles. The van der Waals surface area contributed by atoms with E-state index in [0.717, 1.165) is 13.1 Å². The molecule has 1 aromatic rings. The molecule has 1 aliphatic rings. The van der Waals surface area contributed by atoms with Gasteiger partial charge < -0.3 is 20.6 Å². The van der Waals surface area contributed by atoms with Crippen molar-refractivity contribution in [3.05, 3.63) is 35.6 Å². The maximum absolute atomic E-state index is 12.9. The molecule has 0 saturated carbocycles. The fraction of sp³-hybridized carbons (Fsp3) is 0.500. The SMILES string of the molecule is O=C(N[C@@H](CCCO)C(=O)N1CCNCC1)c1ccc(F)cc1. The second-order valence-corrected chi connectivity index (χ2v) is 5.47. The number of carbonyl (C=O) groups excluding carboxylic acids is 2. The number of carbonyl (C=O) groups is 2. The van der Waals surface area contributed by atoms with Crippen molar-refractivity contribution in [2.75, 3.05) is 32.8 Å². The summed E-state index contributed by atoms with van der Waals surface area (Å²) in [5, 5.41) is 14.9. The highest BCUT2D eigenvalue weighted by atomic mass is 19.1. The first-order valence-corrected chi connectivity index (χ1v) is 7.78. The third-order valence-electron chi connectivity index (χ3n) is 3.79. The number of aliphatic hydroxyl groups is 1. The van der Waals surface area contributed by atoms with Gasteiger partial charge in [0.15, 0.2) is 0 Å². The first-order valence-electron chi connectivity index (χ1n) is 7.78. The zero-order valence-corrected chi connectivity index (χ0v) is 12.9. The third kappa shape index (κ3) is 5.01. The van der Waals surface area contributed by atoms with E-state index in [2.05, 4.69) is 10.6 Å². The van der Waals surface area contributed by atoms with Crippen LogP contribution in [0.15, 0.2) is 24.3 Å². The molecule has 2 amide bonds. The largest absolute Gasteiger partial charge is 0.396 e. The van der Waals surface area contributed by atoms with Crippen LogP contribution in [0.1, 0.15) is 23.2 Å². The van der Waals surface area contributed by atoms with E-state index >= 15 is 0 Å². The topological polar surface area (TPSA) is 81.7 Å². The van der Waals surface area contributed by atoms with E-state index in [-0.39, 0.29) is 12.5 Å². The van der Waals surface area contributed by atoms with Gasteiger partial charge in [0.1, 0.15) is 11.9 Å². The van der Waals surface area contributed by atoms with Crippen molar-refractivity contribution in [1.82, 2.24) is 15.5 Å². The van der Waals surface area contributed by atoms with Crippen LogP contribution in [0.25, 0.3) is 0 Å². The highest BCUT2D eigenvalue weighted by Crippen LogP contribution is 2.08. The second kappa shape index (κ2) is 8.59. The van der Waals surface area contributed by atoms with Crippen LogP contribution < -0.4 is 10.6 Å². The molecule has 6 nitrogen and oxygen atoms in total. The molecular formula is C16H22FN3O3. The van der Waals surface area contributed by atoms with Gasteiger partial charge >= 0.3 is 0 Å². The van der Waals surface area contributed by atoms with Crippen LogP contribution in [0.4, 0.5) is 4.39 Å². The van der Waals surface area contributed by atoms with E-state index in [9.17, 15) is 14.0 Å². The molecule has 0 unspecified atom stereocenters. The minimum atomic E-state index is -0.683. The van der Waals surface area contributed by atoms with Crippen molar-refractivity contribution in [2.45, 2.75) is 18.9 Å². The highest BCUT2D eigenvalue weighted by molar-refractivity contribution is 5.97. The lowest BCUT2D eigenvalue weighted by atomic mass is 10.1. The van der Waals surface area contributed by atoms with E-state index in [1.165, 1.54) is 24.3 Å². The summed E-state index contributed by atoms with van der Waals surface area (Å²) in [5.74, 6) is -0.984. The number of nitrogens with one attached hydrogen (secondary N) is 2. The third-order valence-corrected chi connectivity index (χ3v) is 3.79. The number of hydrogen-bond donors (Lipinski definition) is 3. The number of halogens is 1. The maximum Gasteiger partial charge on any atom is 0.251 e. The molecule has 0 aliphatic carbocycles. The van der Waals surface area contributed by atoms with Gasteiger partial charge in [-0.1, -0.05) is 0 Å². The van der Waals surface area contributed by atoms with Gasteiger partial charge in [-0.3, -0.25) is 9.59 Å². The number of hydrogen-bond acceptors (Lipinski definition) is 4. The lowest BCUT2D eigenvalue weighted by Gasteiger charge is -2.31. The zero-order chi connectivity index (χ0) is 16.7. The summed E-state index contributed by atoms with van der Waals surface area (Å²) in [6, 6.07) is 4.48. The lowest BCUT2D eigenvalue weighted by Crippen LogP contribution is -2.54. The lowest BCUT2D eigenvalue weighted by molar-refractivity contribution is -0.134. The first-order chi connectivity index (χ1) is 11.1. The molecule has 0 aromatic heterocycles. The molecule has 1 aliphatic heterocycles. The molecule has 2 rings (SSSR count). The van der Waals surface area contributed by atoms with Crippen LogP contribution >= 0.6 is 0 Å². The number of aliphatic hydroxyl groups excluding tert-OH is 1.